The highest BCUT2D eigenvalue weighted by molar-refractivity contribution is 7.13. The van der Waals surface area contributed by atoms with Crippen LogP contribution in [0.4, 0.5) is 9.93 Å². The van der Waals surface area contributed by atoms with Crippen molar-refractivity contribution in [3.05, 3.63) is 34.8 Å². The molecule has 0 aliphatic carbocycles. The highest BCUT2D eigenvalue weighted by atomic mass is 32.1. The molecule has 13 nitrogen and oxygen atoms in total. The highest BCUT2D eigenvalue weighted by Gasteiger charge is 2.25. The van der Waals surface area contributed by atoms with Crippen LogP contribution in [-0.4, -0.2) is 39.9 Å². The number of ether oxygens (including phenoxy) is 2. The van der Waals surface area contributed by atoms with Crippen molar-refractivity contribution in [2.75, 3.05) is 5.73 Å². The third-order valence-corrected chi connectivity index (χ3v) is 4.05. The van der Waals surface area contributed by atoms with E-state index in [9.17, 15) is 29.1 Å². The van der Waals surface area contributed by atoms with Crippen LogP contribution < -0.4 is 31.4 Å². The zero-order valence-electron chi connectivity index (χ0n) is 16.1. The first kappa shape index (κ1) is 23.1. The molecule has 0 aliphatic rings. The van der Waals surface area contributed by atoms with Crippen LogP contribution in [0.5, 0.6) is 11.5 Å². The van der Waals surface area contributed by atoms with Gasteiger partial charge in [0.1, 0.15) is 0 Å². The van der Waals surface area contributed by atoms with Gasteiger partial charge >= 0.3 is 23.9 Å². The van der Waals surface area contributed by atoms with Crippen molar-refractivity contribution in [1.29, 1.82) is 0 Å². The minimum atomic E-state index is -1.50. The van der Waals surface area contributed by atoms with Crippen molar-refractivity contribution in [1.82, 2.24) is 21.2 Å². The molecule has 6 N–H and O–H groups in total. The number of nitrogens with one attached hydrogen (secondary N) is 3. The summed E-state index contributed by atoms with van der Waals surface area (Å²) in [5.74, 6) is -3.88. The number of nitrogens with zero attached hydrogens (tertiary/aromatic N) is 1. The van der Waals surface area contributed by atoms with E-state index in [0.29, 0.717) is 0 Å². The van der Waals surface area contributed by atoms with Gasteiger partial charge in [-0.15, -0.1) is 11.3 Å². The molecule has 2 aromatic rings. The van der Waals surface area contributed by atoms with Gasteiger partial charge in [-0.25, -0.2) is 20.0 Å². The van der Waals surface area contributed by atoms with Gasteiger partial charge < -0.3 is 25.6 Å². The Labute approximate surface area is 178 Å². The Morgan fingerprint density at radius 1 is 1.06 bits per heavy atom. The number of rotatable bonds is 6. The van der Waals surface area contributed by atoms with Crippen molar-refractivity contribution < 1.29 is 38.6 Å². The van der Waals surface area contributed by atoms with Crippen LogP contribution in [-0.2, 0) is 14.4 Å². The Hall–Kier alpha value is -4.20. The predicted octanol–water partition coefficient (Wildman–Crippen LogP) is 0.346. The molecule has 14 heteroatoms. The second-order valence-corrected chi connectivity index (χ2v) is 6.67. The number of urea groups is 1. The van der Waals surface area contributed by atoms with Gasteiger partial charge in [0.05, 0.1) is 5.69 Å². The van der Waals surface area contributed by atoms with E-state index in [4.69, 9.17) is 15.2 Å². The average Bonchev–Trinajstić information content (AvgIpc) is 3.10. The van der Waals surface area contributed by atoms with Crippen molar-refractivity contribution in [2.24, 2.45) is 0 Å². The number of esters is 2. The first-order chi connectivity index (χ1) is 14.6. The van der Waals surface area contributed by atoms with Crippen molar-refractivity contribution in [3.8, 4) is 11.5 Å². The lowest BCUT2D eigenvalue weighted by Gasteiger charge is -2.14. The molecule has 164 valence electrons. The number of amides is 3. The number of hydrazine groups is 1. The number of aliphatic carboxylic acids is 1. The van der Waals surface area contributed by atoms with Gasteiger partial charge in [0.25, 0.3) is 5.91 Å². The van der Waals surface area contributed by atoms with E-state index in [2.05, 4.69) is 15.7 Å². The number of nitrogens with two attached hydrogens (primary N) is 1. The third-order valence-electron chi connectivity index (χ3n) is 3.36. The topological polar surface area (TPSA) is 199 Å². The van der Waals surface area contributed by atoms with E-state index in [0.717, 1.165) is 31.3 Å². The van der Waals surface area contributed by atoms with Gasteiger partial charge in [-0.1, -0.05) is 0 Å². The summed E-state index contributed by atoms with van der Waals surface area (Å²) in [5, 5.41) is 12.9. The monoisotopic (exact) mass is 451 g/mol. The summed E-state index contributed by atoms with van der Waals surface area (Å²) >= 11 is 0.998. The van der Waals surface area contributed by atoms with E-state index in [-0.39, 0.29) is 27.9 Å². The third kappa shape index (κ3) is 6.67. The summed E-state index contributed by atoms with van der Waals surface area (Å²) in [4.78, 5) is 61.8. The SMILES string of the molecule is CC(=O)Oc1ccc(C(=O)NNC(=O)NC(C(=O)O)c2csc(N)n2)cc1OC(C)=O. The molecule has 0 radical (unpaired) electrons. The molecule has 1 aromatic heterocycles. The maximum atomic E-state index is 12.3. The van der Waals surface area contributed by atoms with Crippen LogP contribution in [0.25, 0.3) is 0 Å². The standard InChI is InChI=1S/C17H17N5O8S/c1-7(23)29-11-4-3-9(5-12(11)30-8(2)24)14(25)21-22-17(28)20-13(15(26)27)10-6-31-16(18)19-10/h3-6,13H,1-2H3,(H2,18,19)(H,21,25)(H,26,27)(H2,20,22,28). The van der Waals surface area contributed by atoms with Crippen LogP contribution in [0.3, 0.4) is 0 Å². The molecule has 3 amide bonds. The highest BCUT2D eigenvalue weighted by Crippen LogP contribution is 2.29. The number of anilines is 1. The average molecular weight is 451 g/mol. The zero-order chi connectivity index (χ0) is 23.1. The molecule has 0 spiro atoms. The number of carboxylic acids is 1. The Bertz CT molecular complexity index is 1040. The van der Waals surface area contributed by atoms with E-state index in [1.165, 1.54) is 17.5 Å². The summed E-state index contributed by atoms with van der Waals surface area (Å²) < 4.78 is 9.81. The normalized spacial score (nSPS) is 11.0. The first-order valence-corrected chi connectivity index (χ1v) is 9.26. The van der Waals surface area contributed by atoms with E-state index in [1.54, 1.807) is 0 Å². The summed E-state index contributed by atoms with van der Waals surface area (Å²) in [7, 11) is 0. The second kappa shape index (κ2) is 10.0. The molecular formula is C17H17N5O8S. The molecule has 0 aliphatic heterocycles. The predicted molar refractivity (Wildman–Crippen MR) is 105 cm³/mol. The number of hydrogen-bond donors (Lipinski definition) is 5. The van der Waals surface area contributed by atoms with E-state index < -0.39 is 35.9 Å². The summed E-state index contributed by atoms with van der Waals surface area (Å²) in [6, 6.07) is 1.06. The number of nitrogen functional groups attached to an aromatic ring is 1. The molecule has 0 fully saturated rings. The van der Waals surface area contributed by atoms with Crippen LogP contribution in [0.2, 0.25) is 0 Å². The Morgan fingerprint density at radius 2 is 1.71 bits per heavy atom. The van der Waals surface area contributed by atoms with E-state index >= 15 is 0 Å². The van der Waals surface area contributed by atoms with Gasteiger partial charge in [-0.2, -0.15) is 0 Å². The summed E-state index contributed by atoms with van der Waals surface area (Å²) in [6.07, 6.45) is 0. The molecule has 0 saturated heterocycles. The number of carboxylic acid groups (broad SMARTS) is 1. The number of carbonyl (C=O) groups is 5. The van der Waals surface area contributed by atoms with Crippen LogP contribution in [0, 0.1) is 0 Å². The molecule has 1 aromatic carbocycles. The molecule has 1 unspecified atom stereocenters. The fraction of sp³-hybridized carbons (Fsp3) is 0.176. The Balaban J connectivity index is 2.05. The van der Waals surface area contributed by atoms with Crippen molar-refractivity contribution in [2.45, 2.75) is 19.9 Å². The van der Waals surface area contributed by atoms with Gasteiger partial charge in [-0.05, 0) is 18.2 Å². The molecule has 0 saturated carbocycles. The lowest BCUT2D eigenvalue weighted by molar-refractivity contribution is -0.139. The maximum Gasteiger partial charge on any atom is 0.334 e. The van der Waals surface area contributed by atoms with Crippen LogP contribution in [0.15, 0.2) is 23.6 Å². The Morgan fingerprint density at radius 3 is 2.26 bits per heavy atom. The number of hydrogen-bond acceptors (Lipinski definition) is 10. The number of benzene rings is 1. The number of aromatic nitrogens is 1. The van der Waals surface area contributed by atoms with Gasteiger partial charge in [-0.3, -0.25) is 19.8 Å². The molecule has 31 heavy (non-hydrogen) atoms. The first-order valence-electron chi connectivity index (χ1n) is 8.38. The quantitative estimate of drug-likeness (QED) is 0.232. The van der Waals surface area contributed by atoms with Gasteiger partial charge in [0.15, 0.2) is 22.7 Å². The Kier molecular flexibility index (Phi) is 7.46. The fourth-order valence-corrected chi connectivity index (χ4v) is 2.76. The number of carbonyl (C=O) groups excluding carboxylic acids is 4. The maximum absolute atomic E-state index is 12.3. The molecule has 1 heterocycles. The fourth-order valence-electron chi connectivity index (χ4n) is 2.17. The van der Waals surface area contributed by atoms with Crippen molar-refractivity contribution in [3.63, 3.8) is 0 Å². The van der Waals surface area contributed by atoms with E-state index in [1.807, 2.05) is 5.43 Å². The summed E-state index contributed by atoms with van der Waals surface area (Å²) in [5.41, 5.74) is 9.46. The van der Waals surface area contributed by atoms with Gasteiger partial charge in [0, 0.05) is 24.8 Å². The lowest BCUT2D eigenvalue weighted by atomic mass is 10.2. The van der Waals surface area contributed by atoms with Crippen LogP contribution >= 0.6 is 11.3 Å². The number of thiazole rings is 1. The zero-order valence-corrected chi connectivity index (χ0v) is 16.9. The molecule has 1 atom stereocenters. The molecule has 2 rings (SSSR count). The van der Waals surface area contributed by atoms with Gasteiger partial charge in [0.2, 0.25) is 0 Å². The molecule has 0 bridgehead atoms. The molecular weight excluding hydrogens is 434 g/mol. The summed E-state index contributed by atoms with van der Waals surface area (Å²) in [6.45, 7) is 2.26. The van der Waals surface area contributed by atoms with Crippen molar-refractivity contribution >= 4 is 46.3 Å². The lowest BCUT2D eigenvalue weighted by Crippen LogP contribution is -2.49. The minimum absolute atomic E-state index is 0.0172. The van der Waals surface area contributed by atoms with Crippen LogP contribution in [0.1, 0.15) is 35.9 Å². The smallest absolute Gasteiger partial charge is 0.334 e. The second-order valence-electron chi connectivity index (χ2n) is 5.78. The largest absolute Gasteiger partial charge is 0.479 e. The minimum Gasteiger partial charge on any atom is -0.479 e.